The summed E-state index contributed by atoms with van der Waals surface area (Å²) in [5.41, 5.74) is 3.34. The zero-order valence-corrected chi connectivity index (χ0v) is 15.5. The van der Waals surface area contributed by atoms with Gasteiger partial charge < -0.3 is 14.2 Å². The molecule has 0 saturated heterocycles. The second-order valence-electron chi connectivity index (χ2n) is 6.14. The molecule has 0 spiro atoms. The molecule has 0 heterocycles. The fraction of sp³-hybridized carbons (Fsp3) is 0.174. The van der Waals surface area contributed by atoms with Crippen molar-refractivity contribution in [2.24, 2.45) is 0 Å². The lowest BCUT2D eigenvalue weighted by molar-refractivity contribution is 0.0599. The molecular formula is C23H22O4. The number of esters is 1. The average molecular weight is 362 g/mol. The van der Waals surface area contributed by atoms with Crippen LogP contribution in [0.15, 0.2) is 72.8 Å². The summed E-state index contributed by atoms with van der Waals surface area (Å²) in [4.78, 5) is 12.0. The highest BCUT2D eigenvalue weighted by Crippen LogP contribution is 2.31. The lowest BCUT2D eigenvalue weighted by Crippen LogP contribution is -2.06. The van der Waals surface area contributed by atoms with Crippen LogP contribution in [0.1, 0.15) is 27.0 Å². The van der Waals surface area contributed by atoms with Crippen molar-refractivity contribution in [3.63, 3.8) is 0 Å². The van der Waals surface area contributed by atoms with E-state index in [1.807, 2.05) is 67.6 Å². The minimum atomic E-state index is -0.427. The summed E-state index contributed by atoms with van der Waals surface area (Å²) in [6.07, 6.45) is 0. The Balaban J connectivity index is 1.83. The summed E-state index contributed by atoms with van der Waals surface area (Å²) in [5.74, 6) is 0.777. The van der Waals surface area contributed by atoms with Crippen molar-refractivity contribution in [1.82, 2.24) is 0 Å². The van der Waals surface area contributed by atoms with Crippen LogP contribution in [0.5, 0.6) is 11.5 Å². The Bertz CT molecular complexity index is 824. The van der Waals surface area contributed by atoms with Crippen LogP contribution in [0.2, 0.25) is 0 Å². The minimum absolute atomic E-state index is 0.397. The Labute approximate surface area is 159 Å². The van der Waals surface area contributed by atoms with E-state index < -0.39 is 5.97 Å². The van der Waals surface area contributed by atoms with E-state index in [-0.39, 0.29) is 0 Å². The maximum absolute atomic E-state index is 12.0. The summed E-state index contributed by atoms with van der Waals surface area (Å²) in [6.45, 7) is 2.73. The number of carbonyl (C=O) groups excluding carboxylic acids is 1. The highest BCUT2D eigenvalue weighted by Gasteiger charge is 2.15. The molecular weight excluding hydrogens is 340 g/mol. The molecule has 0 radical (unpaired) electrons. The van der Waals surface area contributed by atoms with Gasteiger partial charge in [-0.2, -0.15) is 0 Å². The summed E-state index contributed by atoms with van der Waals surface area (Å²) in [6, 6.07) is 23.1. The smallest absolute Gasteiger partial charge is 0.338 e. The van der Waals surface area contributed by atoms with Gasteiger partial charge in [-0.05, 0) is 30.2 Å². The summed E-state index contributed by atoms with van der Waals surface area (Å²) >= 11 is 0. The molecule has 138 valence electrons. The molecule has 4 heteroatoms. The van der Waals surface area contributed by atoms with Gasteiger partial charge in [0.2, 0.25) is 0 Å². The second-order valence-corrected chi connectivity index (χ2v) is 6.14. The van der Waals surface area contributed by atoms with Gasteiger partial charge in [0, 0.05) is 5.56 Å². The maximum Gasteiger partial charge on any atom is 0.338 e. The van der Waals surface area contributed by atoms with Crippen LogP contribution in [0, 0.1) is 6.92 Å². The van der Waals surface area contributed by atoms with Crippen LogP contribution < -0.4 is 9.47 Å². The molecule has 0 atom stereocenters. The van der Waals surface area contributed by atoms with Crippen LogP contribution in [0.25, 0.3) is 0 Å². The molecule has 0 aliphatic rings. The van der Waals surface area contributed by atoms with E-state index >= 15 is 0 Å². The third-order valence-electron chi connectivity index (χ3n) is 4.21. The fourth-order valence-electron chi connectivity index (χ4n) is 2.67. The lowest BCUT2D eigenvalue weighted by Gasteiger charge is -2.16. The van der Waals surface area contributed by atoms with Crippen molar-refractivity contribution in [1.29, 1.82) is 0 Å². The SMILES string of the molecule is COC(=O)c1cc(OCc2ccccc2)c(C)c(OCc2ccccc2)c1. The Hall–Kier alpha value is -3.27. The van der Waals surface area contributed by atoms with E-state index in [1.54, 1.807) is 12.1 Å². The van der Waals surface area contributed by atoms with E-state index in [0.29, 0.717) is 30.3 Å². The van der Waals surface area contributed by atoms with Crippen LogP contribution in [-0.2, 0) is 18.0 Å². The number of ether oxygens (including phenoxy) is 3. The van der Waals surface area contributed by atoms with Gasteiger partial charge in [0.1, 0.15) is 24.7 Å². The maximum atomic E-state index is 12.0. The highest BCUT2D eigenvalue weighted by molar-refractivity contribution is 5.90. The van der Waals surface area contributed by atoms with Gasteiger partial charge in [-0.15, -0.1) is 0 Å². The van der Waals surface area contributed by atoms with E-state index in [4.69, 9.17) is 14.2 Å². The molecule has 0 aromatic heterocycles. The van der Waals surface area contributed by atoms with Gasteiger partial charge in [0.25, 0.3) is 0 Å². The molecule has 0 saturated carbocycles. The lowest BCUT2D eigenvalue weighted by atomic mass is 10.1. The largest absolute Gasteiger partial charge is 0.488 e. The molecule has 3 aromatic carbocycles. The molecule has 4 nitrogen and oxygen atoms in total. The quantitative estimate of drug-likeness (QED) is 0.559. The molecule has 0 unspecified atom stereocenters. The van der Waals surface area contributed by atoms with Crippen LogP contribution in [-0.4, -0.2) is 13.1 Å². The molecule has 0 N–H and O–H groups in total. The number of rotatable bonds is 7. The first kappa shape index (κ1) is 18.5. The molecule has 0 fully saturated rings. The van der Waals surface area contributed by atoms with Crippen molar-refractivity contribution in [2.45, 2.75) is 20.1 Å². The van der Waals surface area contributed by atoms with Crippen molar-refractivity contribution < 1.29 is 19.0 Å². The number of hydrogen-bond donors (Lipinski definition) is 0. The van der Waals surface area contributed by atoms with Gasteiger partial charge in [-0.3, -0.25) is 0 Å². The molecule has 27 heavy (non-hydrogen) atoms. The number of carbonyl (C=O) groups is 1. The first-order chi connectivity index (χ1) is 13.2. The number of benzene rings is 3. The molecule has 3 aromatic rings. The third kappa shape index (κ3) is 4.88. The van der Waals surface area contributed by atoms with Crippen molar-refractivity contribution in [3.8, 4) is 11.5 Å². The van der Waals surface area contributed by atoms with Gasteiger partial charge >= 0.3 is 5.97 Å². The van der Waals surface area contributed by atoms with Gasteiger partial charge in [0.05, 0.1) is 12.7 Å². The highest BCUT2D eigenvalue weighted by atomic mass is 16.5. The summed E-state index contributed by atoms with van der Waals surface area (Å²) < 4.78 is 16.8. The van der Waals surface area contributed by atoms with Gasteiger partial charge in [-0.25, -0.2) is 4.79 Å². The molecule has 0 aliphatic carbocycles. The van der Waals surface area contributed by atoms with Gasteiger partial charge in [-0.1, -0.05) is 60.7 Å². The van der Waals surface area contributed by atoms with E-state index in [2.05, 4.69) is 0 Å². The predicted octanol–water partition coefficient (Wildman–Crippen LogP) is 4.94. The average Bonchev–Trinajstić information content (AvgIpc) is 2.73. The first-order valence-corrected chi connectivity index (χ1v) is 8.74. The van der Waals surface area contributed by atoms with Crippen molar-refractivity contribution >= 4 is 5.97 Å². The Kier molecular flexibility index (Phi) is 6.10. The molecule has 0 bridgehead atoms. The Morgan fingerprint density at radius 1 is 0.778 bits per heavy atom. The van der Waals surface area contributed by atoms with Crippen LogP contribution in [0.3, 0.4) is 0 Å². The second kappa shape index (κ2) is 8.90. The van der Waals surface area contributed by atoms with Crippen LogP contribution >= 0.6 is 0 Å². The Morgan fingerprint density at radius 2 is 1.22 bits per heavy atom. The standard InChI is InChI=1S/C23H22O4/c1-17-21(26-15-18-9-5-3-6-10-18)13-20(23(24)25-2)14-22(17)27-16-19-11-7-4-8-12-19/h3-14H,15-16H2,1-2H3. The normalized spacial score (nSPS) is 10.3. The fourth-order valence-corrected chi connectivity index (χ4v) is 2.67. The predicted molar refractivity (Wildman–Crippen MR) is 104 cm³/mol. The molecule has 0 amide bonds. The van der Waals surface area contributed by atoms with E-state index in [0.717, 1.165) is 16.7 Å². The zero-order valence-electron chi connectivity index (χ0n) is 15.5. The van der Waals surface area contributed by atoms with E-state index in [1.165, 1.54) is 7.11 Å². The topological polar surface area (TPSA) is 44.8 Å². The van der Waals surface area contributed by atoms with Crippen molar-refractivity contribution in [2.75, 3.05) is 7.11 Å². The van der Waals surface area contributed by atoms with Gasteiger partial charge in [0.15, 0.2) is 0 Å². The molecule has 0 aliphatic heterocycles. The monoisotopic (exact) mass is 362 g/mol. The Morgan fingerprint density at radius 3 is 1.63 bits per heavy atom. The summed E-state index contributed by atoms with van der Waals surface area (Å²) in [5, 5.41) is 0. The zero-order chi connectivity index (χ0) is 19.1. The molecule has 3 rings (SSSR count). The third-order valence-corrected chi connectivity index (χ3v) is 4.21. The first-order valence-electron chi connectivity index (χ1n) is 8.74. The number of hydrogen-bond acceptors (Lipinski definition) is 4. The van der Waals surface area contributed by atoms with Crippen LogP contribution in [0.4, 0.5) is 0 Å². The summed E-state index contributed by atoms with van der Waals surface area (Å²) in [7, 11) is 1.36. The van der Waals surface area contributed by atoms with E-state index in [9.17, 15) is 4.79 Å². The minimum Gasteiger partial charge on any atom is -0.488 e. The number of methoxy groups -OCH3 is 1. The van der Waals surface area contributed by atoms with Crippen molar-refractivity contribution in [3.05, 3.63) is 95.1 Å².